The fourth-order valence-electron chi connectivity index (χ4n) is 1.62. The third kappa shape index (κ3) is 2.32. The van der Waals surface area contributed by atoms with Crippen LogP contribution in [0, 0.1) is 0 Å². The molecule has 0 radical (unpaired) electrons. The van der Waals surface area contributed by atoms with Gasteiger partial charge >= 0.3 is 6.18 Å². The molecular formula is C12H5F3N2OS2. The van der Waals surface area contributed by atoms with E-state index in [4.69, 9.17) is 0 Å². The molecule has 0 saturated heterocycles. The first-order valence-electron chi connectivity index (χ1n) is 5.36. The molecule has 0 aliphatic carbocycles. The molecule has 0 amide bonds. The van der Waals surface area contributed by atoms with Crippen molar-refractivity contribution >= 4 is 38.7 Å². The molecule has 0 aliphatic rings. The van der Waals surface area contributed by atoms with Gasteiger partial charge in [-0.3, -0.25) is 9.78 Å². The summed E-state index contributed by atoms with van der Waals surface area (Å²) < 4.78 is 38.2. The number of thiazole rings is 1. The molecule has 0 saturated carbocycles. The van der Waals surface area contributed by atoms with Gasteiger partial charge < -0.3 is 0 Å². The SMILES string of the molecule is O=C(c1cnc2ccsc2c1)c1cnc(C(F)(F)F)s1. The van der Waals surface area contributed by atoms with Gasteiger partial charge in [-0.2, -0.15) is 13.2 Å². The number of pyridine rings is 1. The van der Waals surface area contributed by atoms with Crippen molar-refractivity contribution in [3.05, 3.63) is 45.4 Å². The van der Waals surface area contributed by atoms with Crippen LogP contribution in [0.5, 0.6) is 0 Å². The van der Waals surface area contributed by atoms with E-state index in [1.54, 1.807) is 6.07 Å². The summed E-state index contributed by atoms with van der Waals surface area (Å²) in [5, 5.41) is 0.811. The molecule has 0 spiro atoms. The minimum Gasteiger partial charge on any atom is -0.288 e. The Morgan fingerprint density at radius 1 is 1.20 bits per heavy atom. The summed E-state index contributed by atoms with van der Waals surface area (Å²) in [6.45, 7) is 0. The summed E-state index contributed by atoms with van der Waals surface area (Å²) in [4.78, 5) is 19.4. The third-order valence-electron chi connectivity index (χ3n) is 2.54. The molecule has 0 bridgehead atoms. The molecule has 0 fully saturated rings. The van der Waals surface area contributed by atoms with Gasteiger partial charge in [-0.25, -0.2) is 4.98 Å². The summed E-state index contributed by atoms with van der Waals surface area (Å²) in [6.07, 6.45) is -2.21. The Kier molecular flexibility index (Phi) is 3.06. The van der Waals surface area contributed by atoms with Crippen molar-refractivity contribution in [3.8, 4) is 0 Å². The van der Waals surface area contributed by atoms with E-state index in [9.17, 15) is 18.0 Å². The summed E-state index contributed by atoms with van der Waals surface area (Å²) in [5.74, 6) is -0.499. The summed E-state index contributed by atoms with van der Waals surface area (Å²) in [6, 6.07) is 3.44. The maximum atomic E-state index is 12.5. The van der Waals surface area contributed by atoms with Crippen molar-refractivity contribution in [2.45, 2.75) is 6.18 Å². The normalized spacial score (nSPS) is 11.9. The Morgan fingerprint density at radius 2 is 2.00 bits per heavy atom. The smallest absolute Gasteiger partial charge is 0.288 e. The second-order valence-electron chi connectivity index (χ2n) is 3.88. The summed E-state index contributed by atoms with van der Waals surface area (Å²) in [7, 11) is 0. The number of rotatable bonds is 2. The molecule has 8 heteroatoms. The highest BCUT2D eigenvalue weighted by Gasteiger charge is 2.35. The van der Waals surface area contributed by atoms with E-state index in [1.807, 2.05) is 11.4 Å². The molecule has 3 rings (SSSR count). The van der Waals surface area contributed by atoms with Crippen molar-refractivity contribution in [3.63, 3.8) is 0 Å². The molecule has 3 heterocycles. The molecule has 3 nitrogen and oxygen atoms in total. The lowest BCUT2D eigenvalue weighted by Crippen LogP contribution is -2.03. The fourth-order valence-corrected chi connectivity index (χ4v) is 3.15. The van der Waals surface area contributed by atoms with Gasteiger partial charge in [-0.1, -0.05) is 0 Å². The molecule has 3 aromatic rings. The number of thiophene rings is 1. The van der Waals surface area contributed by atoms with Crippen LogP contribution in [-0.4, -0.2) is 15.8 Å². The second kappa shape index (κ2) is 4.64. The highest BCUT2D eigenvalue weighted by molar-refractivity contribution is 7.17. The molecule has 0 N–H and O–H groups in total. The van der Waals surface area contributed by atoms with Crippen LogP contribution in [0.4, 0.5) is 13.2 Å². The number of carbonyl (C=O) groups is 1. The van der Waals surface area contributed by atoms with Gasteiger partial charge in [0.05, 0.1) is 15.1 Å². The lowest BCUT2D eigenvalue weighted by atomic mass is 10.1. The first kappa shape index (κ1) is 13.2. The zero-order valence-corrected chi connectivity index (χ0v) is 11.3. The molecule has 3 aromatic heterocycles. The van der Waals surface area contributed by atoms with E-state index in [1.165, 1.54) is 17.5 Å². The zero-order chi connectivity index (χ0) is 14.3. The topological polar surface area (TPSA) is 42.9 Å². The van der Waals surface area contributed by atoms with Gasteiger partial charge in [0, 0.05) is 18.0 Å². The molecule has 0 atom stereocenters. The largest absolute Gasteiger partial charge is 0.443 e. The Morgan fingerprint density at radius 3 is 2.70 bits per heavy atom. The maximum Gasteiger partial charge on any atom is 0.443 e. The number of carbonyl (C=O) groups excluding carboxylic acids is 1. The van der Waals surface area contributed by atoms with Gasteiger partial charge in [0.1, 0.15) is 0 Å². The zero-order valence-electron chi connectivity index (χ0n) is 9.64. The highest BCUT2D eigenvalue weighted by Crippen LogP contribution is 2.33. The third-order valence-corrected chi connectivity index (χ3v) is 4.43. The number of aromatic nitrogens is 2. The Bertz CT molecular complexity index is 791. The van der Waals surface area contributed by atoms with E-state index < -0.39 is 17.0 Å². The lowest BCUT2D eigenvalue weighted by Gasteiger charge is -1.99. The molecular weight excluding hydrogens is 309 g/mol. The Balaban J connectivity index is 1.97. The molecule has 0 aromatic carbocycles. The average Bonchev–Trinajstić information content (AvgIpc) is 3.05. The van der Waals surface area contributed by atoms with E-state index in [0.29, 0.717) is 11.3 Å². The van der Waals surface area contributed by atoms with Gasteiger partial charge in [-0.15, -0.1) is 22.7 Å². The van der Waals surface area contributed by atoms with Gasteiger partial charge in [0.25, 0.3) is 0 Å². The van der Waals surface area contributed by atoms with Crippen molar-refractivity contribution in [1.82, 2.24) is 9.97 Å². The number of fused-ring (bicyclic) bond motifs is 1. The van der Waals surface area contributed by atoms with Crippen molar-refractivity contribution < 1.29 is 18.0 Å². The number of hydrogen-bond donors (Lipinski definition) is 0. The Hall–Kier alpha value is -1.80. The van der Waals surface area contributed by atoms with Crippen molar-refractivity contribution in [1.29, 1.82) is 0 Å². The second-order valence-corrected chi connectivity index (χ2v) is 5.86. The van der Waals surface area contributed by atoms with E-state index in [-0.39, 0.29) is 10.4 Å². The predicted molar refractivity (Wildman–Crippen MR) is 70.2 cm³/mol. The van der Waals surface area contributed by atoms with Crippen LogP contribution in [-0.2, 0) is 6.18 Å². The van der Waals surface area contributed by atoms with Gasteiger partial charge in [0.2, 0.25) is 5.78 Å². The van der Waals surface area contributed by atoms with Gasteiger partial charge in [0.15, 0.2) is 5.01 Å². The number of ketones is 1. The fraction of sp³-hybridized carbons (Fsp3) is 0.0833. The molecule has 0 aliphatic heterocycles. The van der Waals surface area contributed by atoms with E-state index >= 15 is 0 Å². The molecule has 0 unspecified atom stereocenters. The minimum absolute atomic E-state index is 0.0463. The van der Waals surface area contributed by atoms with E-state index in [0.717, 1.165) is 16.4 Å². The predicted octanol–water partition coefficient (Wildman–Crippen LogP) is 4.00. The standard InChI is InChI=1S/C12H5F3N2OS2/c13-12(14,15)11-17-5-9(20-11)10(18)6-3-8-7(16-4-6)1-2-19-8/h1-5H. The molecule has 20 heavy (non-hydrogen) atoms. The van der Waals surface area contributed by atoms with Crippen LogP contribution in [0.2, 0.25) is 0 Å². The lowest BCUT2D eigenvalue weighted by molar-refractivity contribution is -0.137. The first-order chi connectivity index (χ1) is 9.45. The average molecular weight is 314 g/mol. The van der Waals surface area contributed by atoms with Crippen molar-refractivity contribution in [2.75, 3.05) is 0 Å². The van der Waals surface area contributed by atoms with Crippen LogP contribution in [0.15, 0.2) is 29.9 Å². The Labute approximate surface area is 118 Å². The van der Waals surface area contributed by atoms with Crippen LogP contribution in [0.1, 0.15) is 20.2 Å². The van der Waals surface area contributed by atoms with Gasteiger partial charge in [-0.05, 0) is 17.5 Å². The van der Waals surface area contributed by atoms with Crippen molar-refractivity contribution in [2.24, 2.45) is 0 Å². The summed E-state index contributed by atoms with van der Waals surface area (Å²) >= 11 is 1.76. The van der Waals surface area contributed by atoms with Crippen LogP contribution >= 0.6 is 22.7 Å². The monoisotopic (exact) mass is 314 g/mol. The van der Waals surface area contributed by atoms with Crippen LogP contribution in [0.3, 0.4) is 0 Å². The number of hydrogen-bond acceptors (Lipinski definition) is 5. The van der Waals surface area contributed by atoms with Crippen LogP contribution in [0.25, 0.3) is 10.2 Å². The number of nitrogens with zero attached hydrogens (tertiary/aromatic N) is 2. The highest BCUT2D eigenvalue weighted by atomic mass is 32.1. The van der Waals surface area contributed by atoms with Crippen LogP contribution < -0.4 is 0 Å². The number of alkyl halides is 3. The quantitative estimate of drug-likeness (QED) is 0.671. The first-order valence-corrected chi connectivity index (χ1v) is 7.06. The summed E-state index contributed by atoms with van der Waals surface area (Å²) in [5.41, 5.74) is 1.02. The maximum absolute atomic E-state index is 12.5. The van der Waals surface area contributed by atoms with E-state index in [2.05, 4.69) is 9.97 Å². The minimum atomic E-state index is -4.53. The molecule has 102 valence electrons. The number of halogens is 3.